The molecule has 0 spiro atoms. The van der Waals surface area contributed by atoms with Crippen LogP contribution in [0.4, 0.5) is 8.78 Å². The molecular formula is C12H15F2NO. The van der Waals surface area contributed by atoms with E-state index in [0.29, 0.717) is 24.9 Å². The smallest absolute Gasteiger partial charge is 0.162 e. The third-order valence-corrected chi connectivity index (χ3v) is 3.08. The van der Waals surface area contributed by atoms with Gasteiger partial charge in [0.2, 0.25) is 0 Å². The summed E-state index contributed by atoms with van der Waals surface area (Å²) >= 11 is 0. The molecule has 1 fully saturated rings. The van der Waals surface area contributed by atoms with Crippen molar-refractivity contribution in [2.75, 3.05) is 13.1 Å². The lowest BCUT2D eigenvalue weighted by Crippen LogP contribution is -2.41. The first kappa shape index (κ1) is 11.5. The molecule has 0 saturated carbocycles. The number of aliphatic hydroxyl groups is 1. The molecule has 2 N–H and O–H groups in total. The summed E-state index contributed by atoms with van der Waals surface area (Å²) in [5, 5.41) is 12.9. The summed E-state index contributed by atoms with van der Waals surface area (Å²) in [7, 11) is 0. The molecule has 0 radical (unpaired) electrons. The Morgan fingerprint density at radius 3 is 2.94 bits per heavy atom. The monoisotopic (exact) mass is 227 g/mol. The number of benzene rings is 1. The Balaban J connectivity index is 2.10. The molecular weight excluding hydrogens is 212 g/mol. The topological polar surface area (TPSA) is 32.3 Å². The van der Waals surface area contributed by atoms with E-state index in [9.17, 15) is 13.9 Å². The first-order valence-corrected chi connectivity index (χ1v) is 5.50. The van der Waals surface area contributed by atoms with Gasteiger partial charge in [-0.3, -0.25) is 0 Å². The quantitative estimate of drug-likeness (QED) is 0.802. The fourth-order valence-corrected chi connectivity index (χ4v) is 2.11. The summed E-state index contributed by atoms with van der Waals surface area (Å²) in [5.41, 5.74) is 0.341. The van der Waals surface area contributed by atoms with Crippen molar-refractivity contribution in [2.45, 2.75) is 18.9 Å². The fourth-order valence-electron chi connectivity index (χ4n) is 2.11. The Morgan fingerprint density at radius 2 is 2.19 bits per heavy atom. The van der Waals surface area contributed by atoms with Crippen molar-refractivity contribution >= 4 is 0 Å². The Bertz CT molecular complexity index is 370. The standard InChI is InChI=1S/C12H15F2NO/c13-10-3-1-2-8(12(10)14)6-9-7-15-5-4-11(9)16/h1-3,9,11,15-16H,4-7H2. The highest BCUT2D eigenvalue weighted by Crippen LogP contribution is 2.20. The first-order chi connectivity index (χ1) is 7.68. The molecule has 1 aromatic carbocycles. The van der Waals surface area contributed by atoms with Gasteiger partial charge < -0.3 is 10.4 Å². The minimum Gasteiger partial charge on any atom is -0.393 e. The van der Waals surface area contributed by atoms with Crippen LogP contribution < -0.4 is 5.32 Å². The molecule has 1 aliphatic rings. The van der Waals surface area contributed by atoms with Crippen LogP contribution in [0.3, 0.4) is 0 Å². The lowest BCUT2D eigenvalue weighted by molar-refractivity contribution is 0.0786. The van der Waals surface area contributed by atoms with Crippen molar-refractivity contribution in [3.63, 3.8) is 0 Å². The highest BCUT2D eigenvalue weighted by atomic mass is 19.2. The molecule has 2 nitrogen and oxygen atoms in total. The molecule has 0 amide bonds. The number of piperidine rings is 1. The molecule has 0 aromatic heterocycles. The first-order valence-electron chi connectivity index (χ1n) is 5.50. The summed E-state index contributed by atoms with van der Waals surface area (Å²) in [6, 6.07) is 4.17. The molecule has 2 unspecified atom stereocenters. The SMILES string of the molecule is OC1CCNCC1Cc1cccc(F)c1F. The molecule has 2 rings (SSSR count). The average Bonchev–Trinajstić information content (AvgIpc) is 2.28. The van der Waals surface area contributed by atoms with Crippen molar-refractivity contribution < 1.29 is 13.9 Å². The third-order valence-electron chi connectivity index (χ3n) is 3.08. The second kappa shape index (κ2) is 4.89. The summed E-state index contributed by atoms with van der Waals surface area (Å²) in [5.74, 6) is -1.65. The lowest BCUT2D eigenvalue weighted by Gasteiger charge is -2.28. The van der Waals surface area contributed by atoms with Gasteiger partial charge in [-0.1, -0.05) is 12.1 Å². The van der Waals surface area contributed by atoms with Crippen LogP contribution in [-0.2, 0) is 6.42 Å². The zero-order valence-electron chi connectivity index (χ0n) is 8.92. The Morgan fingerprint density at radius 1 is 1.38 bits per heavy atom. The zero-order valence-corrected chi connectivity index (χ0v) is 8.92. The van der Waals surface area contributed by atoms with E-state index in [1.807, 2.05) is 0 Å². The van der Waals surface area contributed by atoms with Crippen LogP contribution in [0, 0.1) is 17.6 Å². The van der Waals surface area contributed by atoms with Crippen LogP contribution in [0.1, 0.15) is 12.0 Å². The maximum atomic E-state index is 13.4. The normalized spacial score (nSPS) is 25.7. The van der Waals surface area contributed by atoms with E-state index in [4.69, 9.17) is 0 Å². The Hall–Kier alpha value is -1.00. The number of hydrogen-bond acceptors (Lipinski definition) is 2. The minimum absolute atomic E-state index is 0.0370. The van der Waals surface area contributed by atoms with Crippen LogP contribution in [0.25, 0.3) is 0 Å². The third kappa shape index (κ3) is 2.39. The summed E-state index contributed by atoms with van der Waals surface area (Å²) < 4.78 is 26.4. The van der Waals surface area contributed by atoms with E-state index in [1.165, 1.54) is 6.07 Å². The summed E-state index contributed by atoms with van der Waals surface area (Å²) in [6.45, 7) is 1.43. The maximum absolute atomic E-state index is 13.4. The van der Waals surface area contributed by atoms with Gasteiger partial charge in [-0.2, -0.15) is 0 Å². The van der Waals surface area contributed by atoms with Crippen molar-refractivity contribution in [3.05, 3.63) is 35.4 Å². The number of hydrogen-bond donors (Lipinski definition) is 2. The van der Waals surface area contributed by atoms with Crippen LogP contribution >= 0.6 is 0 Å². The Labute approximate surface area is 93.3 Å². The largest absolute Gasteiger partial charge is 0.393 e. The van der Waals surface area contributed by atoms with Gasteiger partial charge in [-0.25, -0.2) is 8.78 Å². The zero-order chi connectivity index (χ0) is 11.5. The van der Waals surface area contributed by atoms with Crippen molar-refractivity contribution in [2.24, 2.45) is 5.92 Å². The van der Waals surface area contributed by atoms with E-state index in [-0.39, 0.29) is 5.92 Å². The maximum Gasteiger partial charge on any atom is 0.162 e. The van der Waals surface area contributed by atoms with Gasteiger partial charge in [0.1, 0.15) is 0 Å². The number of rotatable bonds is 2. The molecule has 2 atom stereocenters. The number of aliphatic hydroxyl groups excluding tert-OH is 1. The molecule has 0 aliphatic carbocycles. The average molecular weight is 227 g/mol. The van der Waals surface area contributed by atoms with Crippen molar-refractivity contribution in [3.8, 4) is 0 Å². The highest BCUT2D eigenvalue weighted by molar-refractivity contribution is 5.19. The molecule has 4 heteroatoms. The predicted molar refractivity (Wildman–Crippen MR) is 57.0 cm³/mol. The summed E-state index contributed by atoms with van der Waals surface area (Å²) in [4.78, 5) is 0. The van der Waals surface area contributed by atoms with Gasteiger partial charge in [0.05, 0.1) is 6.10 Å². The molecule has 0 bridgehead atoms. The second-order valence-electron chi connectivity index (χ2n) is 4.24. The summed E-state index contributed by atoms with van der Waals surface area (Å²) in [6.07, 6.45) is 0.614. The van der Waals surface area contributed by atoms with Gasteiger partial charge in [0.15, 0.2) is 11.6 Å². The van der Waals surface area contributed by atoms with Crippen LogP contribution in [-0.4, -0.2) is 24.3 Å². The number of halogens is 2. The molecule has 16 heavy (non-hydrogen) atoms. The van der Waals surface area contributed by atoms with Gasteiger partial charge in [-0.15, -0.1) is 0 Å². The van der Waals surface area contributed by atoms with E-state index in [0.717, 1.165) is 12.6 Å². The van der Waals surface area contributed by atoms with Crippen molar-refractivity contribution in [1.82, 2.24) is 5.32 Å². The fraction of sp³-hybridized carbons (Fsp3) is 0.500. The highest BCUT2D eigenvalue weighted by Gasteiger charge is 2.24. The minimum atomic E-state index is -0.823. The van der Waals surface area contributed by atoms with E-state index >= 15 is 0 Å². The van der Waals surface area contributed by atoms with E-state index in [1.54, 1.807) is 6.07 Å². The predicted octanol–water partition coefficient (Wildman–Crippen LogP) is 1.48. The molecule has 1 saturated heterocycles. The lowest BCUT2D eigenvalue weighted by atomic mass is 9.89. The second-order valence-corrected chi connectivity index (χ2v) is 4.24. The van der Waals surface area contributed by atoms with Gasteiger partial charge in [0.25, 0.3) is 0 Å². The van der Waals surface area contributed by atoms with Gasteiger partial charge in [0, 0.05) is 12.5 Å². The number of nitrogens with one attached hydrogen (secondary N) is 1. The molecule has 88 valence electrons. The molecule has 1 aliphatic heterocycles. The molecule has 1 aromatic rings. The van der Waals surface area contributed by atoms with Crippen LogP contribution in [0.15, 0.2) is 18.2 Å². The van der Waals surface area contributed by atoms with Gasteiger partial charge >= 0.3 is 0 Å². The molecule has 1 heterocycles. The van der Waals surface area contributed by atoms with Crippen molar-refractivity contribution in [1.29, 1.82) is 0 Å². The van der Waals surface area contributed by atoms with Gasteiger partial charge in [-0.05, 0) is 31.0 Å². The van der Waals surface area contributed by atoms with E-state index in [2.05, 4.69) is 5.32 Å². The Kier molecular flexibility index (Phi) is 3.51. The van der Waals surface area contributed by atoms with E-state index < -0.39 is 17.7 Å². The van der Waals surface area contributed by atoms with Crippen LogP contribution in [0.5, 0.6) is 0 Å². The van der Waals surface area contributed by atoms with Crippen LogP contribution in [0.2, 0.25) is 0 Å².